The summed E-state index contributed by atoms with van der Waals surface area (Å²) >= 11 is 1.43. The zero-order valence-corrected chi connectivity index (χ0v) is 16.6. The van der Waals surface area contributed by atoms with Crippen LogP contribution < -0.4 is 10.1 Å². The molecule has 1 amide bonds. The number of thiophene rings is 1. The molecule has 0 radical (unpaired) electrons. The molecule has 138 valence electrons. The highest BCUT2D eigenvalue weighted by Crippen LogP contribution is 2.24. The maximum atomic E-state index is 12.6. The number of ether oxygens (including phenoxy) is 1. The van der Waals surface area contributed by atoms with Crippen LogP contribution in [0.1, 0.15) is 38.8 Å². The Balaban J connectivity index is 1.67. The first-order chi connectivity index (χ1) is 13.1. The van der Waals surface area contributed by atoms with Gasteiger partial charge in [-0.05, 0) is 49.4 Å². The largest absolute Gasteiger partial charge is 0.488 e. The summed E-state index contributed by atoms with van der Waals surface area (Å²) in [6.07, 6.45) is 4.01. The number of para-hydroxylation sites is 2. The molecule has 3 rings (SSSR count). The van der Waals surface area contributed by atoms with Crippen LogP contribution in [0, 0.1) is 13.8 Å². The van der Waals surface area contributed by atoms with Gasteiger partial charge in [0.1, 0.15) is 12.4 Å². The lowest BCUT2D eigenvalue weighted by molar-refractivity contribution is 0.103. The maximum Gasteiger partial charge on any atom is 0.265 e. The number of amides is 1. The number of aryl methyl sites for hydroxylation is 2. The van der Waals surface area contributed by atoms with E-state index in [9.17, 15) is 4.79 Å². The SMILES string of the molecule is C/C=C/c1ccccc1OCc1csc(C(=O)Nc2c(C)cccc2C)c1. The van der Waals surface area contributed by atoms with E-state index < -0.39 is 0 Å². The van der Waals surface area contributed by atoms with E-state index in [0.717, 1.165) is 33.7 Å². The summed E-state index contributed by atoms with van der Waals surface area (Å²) in [6.45, 7) is 6.41. The highest BCUT2D eigenvalue weighted by molar-refractivity contribution is 7.12. The van der Waals surface area contributed by atoms with Crippen LogP contribution in [0.3, 0.4) is 0 Å². The van der Waals surface area contributed by atoms with E-state index in [4.69, 9.17) is 4.74 Å². The molecule has 0 saturated heterocycles. The van der Waals surface area contributed by atoms with Crippen molar-refractivity contribution < 1.29 is 9.53 Å². The van der Waals surface area contributed by atoms with Gasteiger partial charge in [0.2, 0.25) is 0 Å². The van der Waals surface area contributed by atoms with E-state index in [1.165, 1.54) is 11.3 Å². The lowest BCUT2D eigenvalue weighted by Gasteiger charge is -2.10. The van der Waals surface area contributed by atoms with Crippen molar-refractivity contribution in [2.75, 3.05) is 5.32 Å². The first-order valence-electron chi connectivity index (χ1n) is 8.88. The maximum absolute atomic E-state index is 12.6. The summed E-state index contributed by atoms with van der Waals surface area (Å²) in [5.74, 6) is 0.751. The Morgan fingerprint density at radius 2 is 1.85 bits per heavy atom. The van der Waals surface area contributed by atoms with Crippen LogP contribution in [0.25, 0.3) is 6.08 Å². The molecule has 0 fully saturated rings. The second-order valence-electron chi connectivity index (χ2n) is 6.37. The average Bonchev–Trinajstić information content (AvgIpc) is 3.13. The van der Waals surface area contributed by atoms with E-state index in [2.05, 4.69) is 5.32 Å². The summed E-state index contributed by atoms with van der Waals surface area (Å²) < 4.78 is 5.95. The Morgan fingerprint density at radius 3 is 2.59 bits per heavy atom. The second-order valence-corrected chi connectivity index (χ2v) is 7.28. The van der Waals surface area contributed by atoms with Gasteiger partial charge in [-0.25, -0.2) is 0 Å². The Kier molecular flexibility index (Phi) is 6.09. The Hall–Kier alpha value is -2.85. The predicted octanol–water partition coefficient (Wildman–Crippen LogP) is 6.23. The Bertz CT molecular complexity index is 952. The smallest absolute Gasteiger partial charge is 0.265 e. The minimum atomic E-state index is -0.0852. The first kappa shape index (κ1) is 18.9. The van der Waals surface area contributed by atoms with Crippen molar-refractivity contribution in [1.82, 2.24) is 0 Å². The molecule has 27 heavy (non-hydrogen) atoms. The minimum absolute atomic E-state index is 0.0852. The average molecular weight is 378 g/mol. The molecule has 0 aliphatic heterocycles. The molecular weight excluding hydrogens is 354 g/mol. The molecule has 0 unspecified atom stereocenters. The molecule has 0 saturated carbocycles. The van der Waals surface area contributed by atoms with E-state index >= 15 is 0 Å². The fourth-order valence-electron chi connectivity index (χ4n) is 2.85. The number of anilines is 1. The number of benzene rings is 2. The molecule has 1 N–H and O–H groups in total. The van der Waals surface area contributed by atoms with Crippen molar-refractivity contribution >= 4 is 29.0 Å². The number of carbonyl (C=O) groups excluding carboxylic acids is 1. The van der Waals surface area contributed by atoms with Crippen molar-refractivity contribution in [2.24, 2.45) is 0 Å². The molecule has 4 heteroatoms. The minimum Gasteiger partial charge on any atom is -0.488 e. The summed E-state index contributed by atoms with van der Waals surface area (Å²) in [7, 11) is 0. The number of allylic oxidation sites excluding steroid dienone is 1. The molecule has 1 heterocycles. The molecule has 0 aliphatic rings. The van der Waals surface area contributed by atoms with Gasteiger partial charge in [0.05, 0.1) is 4.88 Å². The van der Waals surface area contributed by atoms with Gasteiger partial charge in [-0.3, -0.25) is 4.79 Å². The fourth-order valence-corrected chi connectivity index (χ4v) is 3.64. The molecule has 0 bridgehead atoms. The van der Waals surface area contributed by atoms with Gasteiger partial charge in [-0.15, -0.1) is 11.3 Å². The number of rotatable bonds is 6. The third-order valence-corrected chi connectivity index (χ3v) is 5.23. The van der Waals surface area contributed by atoms with Gasteiger partial charge in [0, 0.05) is 16.8 Å². The lowest BCUT2D eigenvalue weighted by atomic mass is 10.1. The topological polar surface area (TPSA) is 38.3 Å². The Morgan fingerprint density at radius 1 is 1.11 bits per heavy atom. The van der Waals surface area contributed by atoms with E-state index in [-0.39, 0.29) is 5.91 Å². The Labute approximate surface area is 164 Å². The molecule has 0 spiro atoms. The van der Waals surface area contributed by atoms with Crippen LogP contribution in [0.5, 0.6) is 5.75 Å². The van der Waals surface area contributed by atoms with E-state index in [0.29, 0.717) is 11.5 Å². The number of carbonyl (C=O) groups is 1. The standard InChI is InChI=1S/C23H23NO2S/c1-4-8-19-11-5-6-12-20(19)26-14-18-13-21(27-15-18)23(25)24-22-16(2)9-7-10-17(22)3/h4-13,15H,14H2,1-3H3,(H,24,25)/b8-4+. The molecule has 3 aromatic rings. The van der Waals surface area contributed by atoms with Gasteiger partial charge < -0.3 is 10.1 Å². The predicted molar refractivity (Wildman–Crippen MR) is 114 cm³/mol. The summed E-state index contributed by atoms with van der Waals surface area (Å²) in [4.78, 5) is 13.3. The quantitative estimate of drug-likeness (QED) is 0.553. The van der Waals surface area contributed by atoms with E-state index in [1.807, 2.05) is 86.8 Å². The van der Waals surface area contributed by atoms with Crippen LogP contribution in [0.4, 0.5) is 5.69 Å². The van der Waals surface area contributed by atoms with Crippen LogP contribution in [0.15, 0.2) is 60.0 Å². The second kappa shape index (κ2) is 8.69. The van der Waals surface area contributed by atoms with Gasteiger partial charge in [-0.1, -0.05) is 48.6 Å². The normalized spacial score (nSPS) is 10.9. The first-order valence-corrected chi connectivity index (χ1v) is 9.76. The zero-order chi connectivity index (χ0) is 19.2. The van der Waals surface area contributed by atoms with Gasteiger partial charge in [0.15, 0.2) is 0 Å². The van der Waals surface area contributed by atoms with Crippen molar-refractivity contribution in [3.05, 3.63) is 87.1 Å². The third kappa shape index (κ3) is 4.66. The number of nitrogens with one attached hydrogen (secondary N) is 1. The summed E-state index contributed by atoms with van der Waals surface area (Å²) in [6, 6.07) is 15.8. The van der Waals surface area contributed by atoms with Crippen LogP contribution in [0.2, 0.25) is 0 Å². The van der Waals surface area contributed by atoms with Crippen LogP contribution >= 0.6 is 11.3 Å². The van der Waals surface area contributed by atoms with E-state index in [1.54, 1.807) is 0 Å². The van der Waals surface area contributed by atoms with Gasteiger partial charge >= 0.3 is 0 Å². The fraction of sp³-hybridized carbons (Fsp3) is 0.174. The molecule has 1 aromatic heterocycles. The zero-order valence-electron chi connectivity index (χ0n) is 15.8. The third-order valence-electron chi connectivity index (χ3n) is 4.26. The number of hydrogen-bond donors (Lipinski definition) is 1. The van der Waals surface area contributed by atoms with Crippen LogP contribution in [-0.2, 0) is 6.61 Å². The highest BCUT2D eigenvalue weighted by atomic mass is 32.1. The van der Waals surface area contributed by atoms with Gasteiger partial charge in [0.25, 0.3) is 5.91 Å². The summed E-state index contributed by atoms with van der Waals surface area (Å²) in [5, 5.41) is 5.00. The summed E-state index contributed by atoms with van der Waals surface area (Å²) in [5.41, 5.74) is 5.03. The van der Waals surface area contributed by atoms with Crippen molar-refractivity contribution in [1.29, 1.82) is 0 Å². The molecule has 0 aliphatic carbocycles. The van der Waals surface area contributed by atoms with Crippen molar-refractivity contribution in [2.45, 2.75) is 27.4 Å². The monoisotopic (exact) mass is 377 g/mol. The highest BCUT2D eigenvalue weighted by Gasteiger charge is 2.12. The van der Waals surface area contributed by atoms with Crippen molar-refractivity contribution in [3.8, 4) is 5.75 Å². The molecule has 0 atom stereocenters. The molecule has 2 aromatic carbocycles. The lowest BCUT2D eigenvalue weighted by Crippen LogP contribution is -2.12. The molecule has 3 nitrogen and oxygen atoms in total. The van der Waals surface area contributed by atoms with Gasteiger partial charge in [-0.2, -0.15) is 0 Å². The number of hydrogen-bond acceptors (Lipinski definition) is 3. The molecular formula is C23H23NO2S. The van der Waals surface area contributed by atoms with Crippen molar-refractivity contribution in [3.63, 3.8) is 0 Å². The van der Waals surface area contributed by atoms with Crippen LogP contribution in [-0.4, -0.2) is 5.91 Å².